The van der Waals surface area contributed by atoms with Crippen LogP contribution in [0.3, 0.4) is 0 Å². The molecule has 1 amide bonds. The number of rotatable bonds is 3. The molecule has 1 fully saturated rings. The van der Waals surface area contributed by atoms with Crippen molar-refractivity contribution in [1.29, 1.82) is 0 Å². The topological polar surface area (TPSA) is 65.5 Å². The Labute approximate surface area is 121 Å². The molecule has 6 heteroatoms. The maximum Gasteiger partial charge on any atom is 0.261 e. The fourth-order valence-electron chi connectivity index (χ4n) is 2.52. The van der Waals surface area contributed by atoms with Crippen LogP contribution in [0.15, 0.2) is 24.4 Å². The van der Waals surface area contributed by atoms with Crippen molar-refractivity contribution in [3.63, 3.8) is 0 Å². The van der Waals surface area contributed by atoms with E-state index in [1.165, 1.54) is 11.3 Å². The molecule has 1 aliphatic heterocycles. The Bertz CT molecular complexity index is 609. The third-order valence-corrected chi connectivity index (χ3v) is 4.68. The number of likely N-dealkylation sites (tertiary alicyclic amines) is 1. The standard InChI is InChI=1S/C14H17N3O2S/c1-17-6-4-14(19,9-17)8-16-12(18)11-7-10-3-2-5-15-13(10)20-11/h2-3,5,7,19H,4,6,8-9H2,1H3,(H,16,18). The first-order chi connectivity index (χ1) is 9.56. The minimum Gasteiger partial charge on any atom is -0.387 e. The summed E-state index contributed by atoms with van der Waals surface area (Å²) in [4.78, 5) is 19.9. The van der Waals surface area contributed by atoms with Crippen molar-refractivity contribution < 1.29 is 9.90 Å². The molecule has 3 heterocycles. The van der Waals surface area contributed by atoms with Gasteiger partial charge in [-0.05, 0) is 25.6 Å². The Balaban J connectivity index is 1.67. The van der Waals surface area contributed by atoms with Crippen molar-refractivity contribution in [3.05, 3.63) is 29.3 Å². The molecule has 2 aromatic heterocycles. The molecule has 0 aromatic carbocycles. The molecule has 5 nitrogen and oxygen atoms in total. The lowest BCUT2D eigenvalue weighted by atomic mass is 10.0. The van der Waals surface area contributed by atoms with Crippen molar-refractivity contribution in [2.75, 3.05) is 26.7 Å². The van der Waals surface area contributed by atoms with Crippen LogP contribution in [0.5, 0.6) is 0 Å². The van der Waals surface area contributed by atoms with E-state index in [1.807, 2.05) is 25.2 Å². The van der Waals surface area contributed by atoms with Gasteiger partial charge in [-0.3, -0.25) is 4.79 Å². The molecule has 2 N–H and O–H groups in total. The normalized spacial score (nSPS) is 23.3. The van der Waals surface area contributed by atoms with Gasteiger partial charge in [-0.15, -0.1) is 11.3 Å². The number of likely N-dealkylation sites (N-methyl/N-ethyl adjacent to an activating group) is 1. The van der Waals surface area contributed by atoms with Gasteiger partial charge < -0.3 is 15.3 Å². The van der Waals surface area contributed by atoms with Crippen molar-refractivity contribution in [3.8, 4) is 0 Å². The Kier molecular flexibility index (Phi) is 3.45. The molecule has 1 unspecified atom stereocenters. The largest absolute Gasteiger partial charge is 0.387 e. The van der Waals surface area contributed by atoms with E-state index in [-0.39, 0.29) is 12.5 Å². The van der Waals surface area contributed by atoms with E-state index in [9.17, 15) is 9.90 Å². The molecular weight excluding hydrogens is 274 g/mol. The van der Waals surface area contributed by atoms with Crippen LogP contribution in [0.2, 0.25) is 0 Å². The van der Waals surface area contributed by atoms with Crippen LogP contribution in [-0.2, 0) is 0 Å². The molecule has 1 aliphatic rings. The molecule has 2 aromatic rings. The number of hydrogen-bond acceptors (Lipinski definition) is 5. The molecule has 0 bridgehead atoms. The Morgan fingerprint density at radius 3 is 3.20 bits per heavy atom. The van der Waals surface area contributed by atoms with Gasteiger partial charge >= 0.3 is 0 Å². The van der Waals surface area contributed by atoms with Gasteiger partial charge in [-0.25, -0.2) is 4.98 Å². The molecule has 0 saturated carbocycles. The van der Waals surface area contributed by atoms with Crippen LogP contribution in [0.1, 0.15) is 16.1 Å². The van der Waals surface area contributed by atoms with Crippen LogP contribution in [-0.4, -0.2) is 53.2 Å². The molecule has 106 valence electrons. The molecule has 1 atom stereocenters. The summed E-state index contributed by atoms with van der Waals surface area (Å²) in [7, 11) is 1.97. The highest BCUT2D eigenvalue weighted by atomic mass is 32.1. The predicted octanol–water partition coefficient (Wildman–Crippen LogP) is 1.09. The van der Waals surface area contributed by atoms with E-state index in [4.69, 9.17) is 0 Å². The number of carbonyl (C=O) groups excluding carboxylic acids is 1. The summed E-state index contributed by atoms with van der Waals surface area (Å²) in [5.74, 6) is -0.143. The van der Waals surface area contributed by atoms with E-state index in [0.29, 0.717) is 17.8 Å². The van der Waals surface area contributed by atoms with Crippen LogP contribution < -0.4 is 5.32 Å². The van der Waals surface area contributed by atoms with Gasteiger partial charge in [0.15, 0.2) is 0 Å². The first-order valence-corrected chi connectivity index (χ1v) is 7.41. The molecule has 1 saturated heterocycles. The number of amides is 1. The highest BCUT2D eigenvalue weighted by Crippen LogP contribution is 2.23. The van der Waals surface area contributed by atoms with Crippen LogP contribution in [0.4, 0.5) is 0 Å². The quantitative estimate of drug-likeness (QED) is 0.888. The molecular formula is C14H17N3O2S. The predicted molar refractivity (Wildman–Crippen MR) is 79.0 cm³/mol. The summed E-state index contributed by atoms with van der Waals surface area (Å²) < 4.78 is 0. The van der Waals surface area contributed by atoms with Crippen molar-refractivity contribution in [2.24, 2.45) is 0 Å². The Morgan fingerprint density at radius 1 is 1.65 bits per heavy atom. The third-order valence-electron chi connectivity index (χ3n) is 3.62. The highest BCUT2D eigenvalue weighted by Gasteiger charge is 2.34. The van der Waals surface area contributed by atoms with E-state index >= 15 is 0 Å². The third kappa shape index (κ3) is 2.67. The monoisotopic (exact) mass is 291 g/mol. The lowest BCUT2D eigenvalue weighted by molar-refractivity contribution is 0.0486. The zero-order chi connectivity index (χ0) is 14.2. The average Bonchev–Trinajstić information content (AvgIpc) is 3.00. The van der Waals surface area contributed by atoms with Crippen LogP contribution in [0, 0.1) is 0 Å². The van der Waals surface area contributed by atoms with E-state index in [2.05, 4.69) is 15.2 Å². The Morgan fingerprint density at radius 2 is 2.50 bits per heavy atom. The Hall–Kier alpha value is -1.50. The number of carbonyl (C=O) groups is 1. The van der Waals surface area contributed by atoms with Gasteiger partial charge in [0.25, 0.3) is 5.91 Å². The maximum absolute atomic E-state index is 12.1. The summed E-state index contributed by atoms with van der Waals surface area (Å²) >= 11 is 1.37. The minimum absolute atomic E-state index is 0.143. The minimum atomic E-state index is -0.806. The zero-order valence-electron chi connectivity index (χ0n) is 11.3. The van der Waals surface area contributed by atoms with Gasteiger partial charge in [-0.2, -0.15) is 0 Å². The molecule has 3 rings (SSSR count). The lowest BCUT2D eigenvalue weighted by Crippen LogP contribution is -2.44. The first kappa shape index (κ1) is 13.5. The van der Waals surface area contributed by atoms with Crippen LogP contribution in [0.25, 0.3) is 10.2 Å². The molecule has 20 heavy (non-hydrogen) atoms. The molecule has 0 spiro atoms. The molecule has 0 radical (unpaired) electrons. The second-order valence-corrected chi connectivity index (χ2v) is 6.43. The zero-order valence-corrected chi connectivity index (χ0v) is 12.1. The maximum atomic E-state index is 12.1. The van der Waals surface area contributed by atoms with Gasteiger partial charge in [0.1, 0.15) is 4.83 Å². The number of thiophene rings is 1. The highest BCUT2D eigenvalue weighted by molar-refractivity contribution is 7.20. The van der Waals surface area contributed by atoms with Gasteiger partial charge in [-0.1, -0.05) is 6.07 Å². The van der Waals surface area contributed by atoms with Gasteiger partial charge in [0.05, 0.1) is 10.5 Å². The smallest absolute Gasteiger partial charge is 0.261 e. The molecule has 0 aliphatic carbocycles. The fraction of sp³-hybridized carbons (Fsp3) is 0.429. The van der Waals surface area contributed by atoms with E-state index < -0.39 is 5.60 Å². The van der Waals surface area contributed by atoms with E-state index in [1.54, 1.807) is 6.20 Å². The fourth-order valence-corrected chi connectivity index (χ4v) is 3.44. The SMILES string of the molecule is CN1CCC(O)(CNC(=O)c2cc3cccnc3s2)C1. The first-order valence-electron chi connectivity index (χ1n) is 6.59. The number of hydrogen-bond donors (Lipinski definition) is 2. The van der Waals surface area contributed by atoms with E-state index in [0.717, 1.165) is 16.8 Å². The average molecular weight is 291 g/mol. The van der Waals surface area contributed by atoms with Crippen LogP contribution >= 0.6 is 11.3 Å². The van der Waals surface area contributed by atoms with Crippen molar-refractivity contribution in [2.45, 2.75) is 12.0 Å². The van der Waals surface area contributed by atoms with Gasteiger partial charge in [0, 0.05) is 31.2 Å². The van der Waals surface area contributed by atoms with Crippen molar-refractivity contribution in [1.82, 2.24) is 15.2 Å². The number of pyridine rings is 1. The number of nitrogens with one attached hydrogen (secondary N) is 1. The summed E-state index contributed by atoms with van der Waals surface area (Å²) in [6.45, 7) is 1.75. The second-order valence-electron chi connectivity index (χ2n) is 5.40. The summed E-state index contributed by atoms with van der Waals surface area (Å²) in [5, 5.41) is 14.1. The number of nitrogens with zero attached hydrogens (tertiary/aromatic N) is 2. The van der Waals surface area contributed by atoms with Gasteiger partial charge in [0.2, 0.25) is 0 Å². The number of aliphatic hydroxyl groups is 1. The summed E-state index contributed by atoms with van der Waals surface area (Å²) in [6.07, 6.45) is 2.41. The number of aromatic nitrogens is 1. The van der Waals surface area contributed by atoms with Crippen molar-refractivity contribution >= 4 is 27.5 Å². The summed E-state index contributed by atoms with van der Waals surface area (Å²) in [6, 6.07) is 5.63. The lowest BCUT2D eigenvalue weighted by Gasteiger charge is -2.22. The second kappa shape index (κ2) is 5.12. The summed E-state index contributed by atoms with van der Waals surface area (Å²) in [5.41, 5.74) is -0.806. The number of β-amino-alcohol motifs (C(OH)–C–C–N with tert-alkyl or cyclic N) is 1. The number of fused-ring (bicyclic) bond motifs is 1.